The minimum Gasteiger partial charge on any atom is -0.462 e. The molecule has 0 spiro atoms. The number of hydrogen-bond acceptors (Lipinski definition) is 3. The van der Waals surface area contributed by atoms with Gasteiger partial charge in [0.1, 0.15) is 11.5 Å². The third kappa shape index (κ3) is 2.49. The molecular weight excluding hydrogens is 220 g/mol. The van der Waals surface area contributed by atoms with Crippen molar-refractivity contribution >= 4 is 23.2 Å². The summed E-state index contributed by atoms with van der Waals surface area (Å²) in [5, 5.41) is 0. The summed E-state index contributed by atoms with van der Waals surface area (Å²) in [6, 6.07) is 7.51. The van der Waals surface area contributed by atoms with Gasteiger partial charge in [-0.25, -0.2) is 0 Å². The van der Waals surface area contributed by atoms with E-state index in [0.29, 0.717) is 5.76 Å². The van der Waals surface area contributed by atoms with Crippen LogP contribution in [0.4, 0.5) is 0 Å². The van der Waals surface area contributed by atoms with Crippen LogP contribution in [0.1, 0.15) is 26.1 Å². The van der Waals surface area contributed by atoms with Crippen molar-refractivity contribution < 1.29 is 9.21 Å². The van der Waals surface area contributed by atoms with Crippen LogP contribution in [0, 0.1) is 13.8 Å². The normalized spacial score (nSPS) is 11.1. The second-order valence-electron chi connectivity index (χ2n) is 3.56. The van der Waals surface area contributed by atoms with Crippen molar-refractivity contribution in [2.45, 2.75) is 13.8 Å². The number of hydrogen-bond donors (Lipinski definition) is 0. The Bertz CT molecular complexity index is 532. The number of aryl methyl sites for hydroxylation is 2. The van der Waals surface area contributed by atoms with Crippen molar-refractivity contribution in [3.8, 4) is 0 Å². The molecule has 16 heavy (non-hydrogen) atoms. The van der Waals surface area contributed by atoms with Crippen LogP contribution < -0.4 is 0 Å². The minimum atomic E-state index is 0.0205. The van der Waals surface area contributed by atoms with E-state index >= 15 is 0 Å². The first kappa shape index (κ1) is 10.9. The van der Waals surface area contributed by atoms with E-state index in [1.54, 1.807) is 12.2 Å². The predicted octanol–water partition coefficient (Wildman–Crippen LogP) is 3.85. The average molecular weight is 232 g/mol. The van der Waals surface area contributed by atoms with Gasteiger partial charge in [0, 0.05) is 4.88 Å². The second kappa shape index (κ2) is 4.49. The van der Waals surface area contributed by atoms with Gasteiger partial charge in [-0.1, -0.05) is 0 Å². The number of rotatable bonds is 3. The van der Waals surface area contributed by atoms with Gasteiger partial charge in [-0.2, -0.15) is 0 Å². The van der Waals surface area contributed by atoms with Crippen molar-refractivity contribution in [3.63, 3.8) is 0 Å². The highest BCUT2D eigenvalue weighted by Crippen LogP contribution is 2.16. The largest absolute Gasteiger partial charge is 0.462 e. The van der Waals surface area contributed by atoms with Gasteiger partial charge in [-0.05, 0) is 50.3 Å². The van der Waals surface area contributed by atoms with E-state index in [1.807, 2.05) is 38.1 Å². The molecule has 82 valence electrons. The lowest BCUT2D eigenvalue weighted by molar-refractivity contribution is 0.105. The molecule has 0 bridgehead atoms. The molecule has 0 aromatic carbocycles. The Morgan fingerprint density at radius 2 is 2.06 bits per heavy atom. The monoisotopic (exact) mass is 232 g/mol. The molecule has 0 unspecified atom stereocenters. The Labute approximate surface area is 98.2 Å². The summed E-state index contributed by atoms with van der Waals surface area (Å²) < 4.78 is 5.34. The van der Waals surface area contributed by atoms with Crippen LogP contribution in [0.25, 0.3) is 6.08 Å². The molecule has 0 aliphatic heterocycles. The van der Waals surface area contributed by atoms with E-state index in [1.165, 1.54) is 11.3 Å². The quantitative estimate of drug-likeness (QED) is 0.594. The smallest absolute Gasteiger partial charge is 0.195 e. The maximum Gasteiger partial charge on any atom is 0.195 e. The third-order valence-corrected chi connectivity index (χ3v) is 3.16. The van der Waals surface area contributed by atoms with Gasteiger partial charge in [0.25, 0.3) is 0 Å². The predicted molar refractivity (Wildman–Crippen MR) is 65.9 cm³/mol. The molecule has 0 aliphatic carbocycles. The lowest BCUT2D eigenvalue weighted by atomic mass is 10.3. The van der Waals surface area contributed by atoms with Gasteiger partial charge in [0.15, 0.2) is 5.78 Å². The summed E-state index contributed by atoms with van der Waals surface area (Å²) in [6.07, 6.45) is 3.24. The van der Waals surface area contributed by atoms with Crippen molar-refractivity contribution in [2.75, 3.05) is 0 Å². The Morgan fingerprint density at radius 3 is 2.62 bits per heavy atom. The first-order valence-corrected chi connectivity index (χ1v) is 5.82. The van der Waals surface area contributed by atoms with Crippen molar-refractivity contribution in [2.24, 2.45) is 0 Å². The molecule has 2 aromatic rings. The van der Waals surface area contributed by atoms with Crippen LogP contribution in [0.2, 0.25) is 0 Å². The summed E-state index contributed by atoms with van der Waals surface area (Å²) in [6.45, 7) is 3.86. The number of allylic oxidation sites excluding steroid dienone is 1. The summed E-state index contributed by atoms with van der Waals surface area (Å²) in [7, 11) is 0. The summed E-state index contributed by atoms with van der Waals surface area (Å²) in [5.41, 5.74) is 0. The highest BCUT2D eigenvalue weighted by atomic mass is 32.1. The Morgan fingerprint density at radius 1 is 1.25 bits per heavy atom. The Hall–Kier alpha value is -1.61. The topological polar surface area (TPSA) is 30.2 Å². The number of carbonyl (C=O) groups excluding carboxylic acids is 1. The summed E-state index contributed by atoms with van der Waals surface area (Å²) >= 11 is 1.50. The van der Waals surface area contributed by atoms with E-state index in [9.17, 15) is 4.79 Å². The first-order chi connectivity index (χ1) is 7.65. The molecule has 2 rings (SSSR count). The molecule has 0 atom stereocenters. The second-order valence-corrected chi connectivity index (χ2v) is 4.84. The molecule has 0 amide bonds. The van der Waals surface area contributed by atoms with Gasteiger partial charge >= 0.3 is 0 Å². The SMILES string of the molecule is Cc1ccc(/C=C/C(=O)c2ccc(C)s2)o1. The lowest BCUT2D eigenvalue weighted by Crippen LogP contribution is -1.88. The highest BCUT2D eigenvalue weighted by molar-refractivity contribution is 7.14. The van der Waals surface area contributed by atoms with E-state index < -0.39 is 0 Å². The fourth-order valence-corrected chi connectivity index (χ4v) is 2.14. The zero-order valence-electron chi connectivity index (χ0n) is 9.19. The van der Waals surface area contributed by atoms with E-state index in [-0.39, 0.29) is 5.78 Å². The third-order valence-electron chi connectivity index (χ3n) is 2.14. The van der Waals surface area contributed by atoms with E-state index in [4.69, 9.17) is 4.42 Å². The van der Waals surface area contributed by atoms with Gasteiger partial charge < -0.3 is 4.42 Å². The minimum absolute atomic E-state index is 0.0205. The highest BCUT2D eigenvalue weighted by Gasteiger charge is 2.04. The Kier molecular flexibility index (Phi) is 3.06. The fraction of sp³-hybridized carbons (Fsp3) is 0.154. The van der Waals surface area contributed by atoms with Crippen LogP contribution in [0.3, 0.4) is 0 Å². The molecule has 2 nitrogen and oxygen atoms in total. The average Bonchev–Trinajstić information content (AvgIpc) is 2.84. The number of ketones is 1. The number of thiophene rings is 1. The zero-order valence-corrected chi connectivity index (χ0v) is 10.0. The van der Waals surface area contributed by atoms with Crippen LogP contribution in [0.5, 0.6) is 0 Å². The maximum atomic E-state index is 11.7. The molecule has 3 heteroatoms. The lowest BCUT2D eigenvalue weighted by Gasteiger charge is -1.88. The van der Waals surface area contributed by atoms with Crippen LogP contribution in [-0.4, -0.2) is 5.78 Å². The van der Waals surface area contributed by atoms with Crippen molar-refractivity contribution in [1.29, 1.82) is 0 Å². The van der Waals surface area contributed by atoms with Crippen LogP contribution in [0.15, 0.2) is 34.8 Å². The number of furan rings is 1. The van der Waals surface area contributed by atoms with Crippen LogP contribution in [-0.2, 0) is 0 Å². The molecule has 2 heterocycles. The first-order valence-electron chi connectivity index (χ1n) is 5.00. The summed E-state index contributed by atoms with van der Waals surface area (Å²) in [4.78, 5) is 13.6. The van der Waals surface area contributed by atoms with Crippen molar-refractivity contribution in [3.05, 3.63) is 51.6 Å². The molecule has 0 N–H and O–H groups in total. The molecule has 0 fully saturated rings. The molecule has 0 radical (unpaired) electrons. The van der Waals surface area contributed by atoms with Gasteiger partial charge in [-0.15, -0.1) is 11.3 Å². The molecule has 2 aromatic heterocycles. The van der Waals surface area contributed by atoms with Gasteiger partial charge in [0.2, 0.25) is 0 Å². The van der Waals surface area contributed by atoms with Gasteiger partial charge in [0.05, 0.1) is 4.88 Å². The molecule has 0 aliphatic rings. The molecule has 0 saturated carbocycles. The molecule has 0 saturated heterocycles. The Balaban J connectivity index is 2.10. The molecular formula is C13H12O2S. The van der Waals surface area contributed by atoms with E-state index in [2.05, 4.69) is 0 Å². The zero-order chi connectivity index (χ0) is 11.5. The van der Waals surface area contributed by atoms with E-state index in [0.717, 1.165) is 15.5 Å². The van der Waals surface area contributed by atoms with Crippen LogP contribution >= 0.6 is 11.3 Å². The van der Waals surface area contributed by atoms with Crippen molar-refractivity contribution in [1.82, 2.24) is 0 Å². The van der Waals surface area contributed by atoms with Gasteiger partial charge in [-0.3, -0.25) is 4.79 Å². The fourth-order valence-electron chi connectivity index (χ4n) is 1.35. The summed E-state index contributed by atoms with van der Waals surface area (Å²) in [5.74, 6) is 1.57. The standard InChI is InChI=1S/C13H12O2S/c1-9-3-5-11(15-9)6-7-12(14)13-8-4-10(2)16-13/h3-8H,1-2H3/b7-6+. The maximum absolute atomic E-state index is 11.7. The number of carbonyl (C=O) groups is 1.